The standard InChI is InChI=1S/C26H33N9O3/c1-4-33-8-6-18(33)15-38-21-14-29-32(2)25(21)17-5-10-35-19(11-17)12-22(31-35)30-26(36)20-7-9-34(20)23-13-24(37-3)28-16-27-23/h5,10-14,16,18,20,24H,4,6-9,15H2,1-3H3,(H,27,28)(H,30,31,36). The molecule has 3 aromatic rings. The van der Waals surface area contributed by atoms with Gasteiger partial charge in [-0.1, -0.05) is 6.92 Å². The molecule has 0 saturated carbocycles. The maximum Gasteiger partial charge on any atom is 0.248 e. The summed E-state index contributed by atoms with van der Waals surface area (Å²) in [6, 6.07) is 6.07. The van der Waals surface area contributed by atoms with Crippen LogP contribution in [0.5, 0.6) is 5.75 Å². The van der Waals surface area contributed by atoms with E-state index in [9.17, 15) is 4.79 Å². The van der Waals surface area contributed by atoms with Gasteiger partial charge in [-0.15, -0.1) is 0 Å². The number of likely N-dealkylation sites (N-methyl/N-ethyl adjacent to an activating group) is 1. The number of carbonyl (C=O) groups is 1. The lowest BCUT2D eigenvalue weighted by atomic mass is 10.0. The zero-order valence-corrected chi connectivity index (χ0v) is 21.9. The largest absolute Gasteiger partial charge is 0.488 e. The van der Waals surface area contributed by atoms with Gasteiger partial charge in [-0.3, -0.25) is 14.4 Å². The molecule has 2 N–H and O–H groups in total. The molecule has 3 atom stereocenters. The van der Waals surface area contributed by atoms with Crippen LogP contribution in [-0.2, 0) is 16.6 Å². The van der Waals surface area contributed by atoms with Crippen LogP contribution in [0.4, 0.5) is 5.82 Å². The van der Waals surface area contributed by atoms with Crippen LogP contribution in [0.2, 0.25) is 0 Å². The van der Waals surface area contributed by atoms with Crippen molar-refractivity contribution in [2.75, 3.05) is 38.7 Å². The number of aromatic nitrogens is 4. The lowest BCUT2D eigenvalue weighted by molar-refractivity contribution is -0.124. The Morgan fingerprint density at radius 2 is 2.16 bits per heavy atom. The van der Waals surface area contributed by atoms with Gasteiger partial charge < -0.3 is 25.0 Å². The van der Waals surface area contributed by atoms with Gasteiger partial charge in [0.1, 0.15) is 24.2 Å². The summed E-state index contributed by atoms with van der Waals surface area (Å²) in [6.07, 6.45) is 8.71. The highest BCUT2D eigenvalue weighted by molar-refractivity contribution is 5.95. The summed E-state index contributed by atoms with van der Waals surface area (Å²) in [5, 5.41) is 15.1. The van der Waals surface area contributed by atoms with Gasteiger partial charge in [-0.25, -0.2) is 9.51 Å². The van der Waals surface area contributed by atoms with Gasteiger partial charge in [0.2, 0.25) is 5.91 Å². The Morgan fingerprint density at radius 3 is 2.89 bits per heavy atom. The first-order chi connectivity index (χ1) is 18.5. The predicted octanol–water partition coefficient (Wildman–Crippen LogP) is 1.67. The van der Waals surface area contributed by atoms with E-state index in [-0.39, 0.29) is 18.2 Å². The normalized spacial score (nSPS) is 23.0. The highest BCUT2D eigenvalue weighted by Crippen LogP contribution is 2.32. The van der Waals surface area contributed by atoms with E-state index in [0.29, 0.717) is 18.5 Å². The number of aryl methyl sites for hydroxylation is 1. The third-order valence-electron chi connectivity index (χ3n) is 7.60. The van der Waals surface area contributed by atoms with Gasteiger partial charge in [-0.2, -0.15) is 10.2 Å². The lowest BCUT2D eigenvalue weighted by Crippen LogP contribution is -2.56. The molecule has 200 valence electrons. The number of hydrogen-bond acceptors (Lipinski definition) is 9. The Balaban J connectivity index is 1.15. The number of amides is 1. The summed E-state index contributed by atoms with van der Waals surface area (Å²) in [6.45, 7) is 5.79. The molecular formula is C26H33N9O3. The van der Waals surface area contributed by atoms with E-state index in [1.165, 1.54) is 0 Å². The molecule has 2 fully saturated rings. The second-order valence-electron chi connectivity index (χ2n) is 9.77. The average Bonchev–Trinajstić information content (AvgIpc) is 3.44. The van der Waals surface area contributed by atoms with Gasteiger partial charge in [0.25, 0.3) is 0 Å². The van der Waals surface area contributed by atoms with Gasteiger partial charge in [-0.05, 0) is 31.5 Å². The number of fused-ring (bicyclic) bond motifs is 1. The number of likely N-dealkylation sites (tertiary alicyclic amines) is 2. The van der Waals surface area contributed by atoms with E-state index < -0.39 is 0 Å². The van der Waals surface area contributed by atoms with Crippen LogP contribution in [0.3, 0.4) is 0 Å². The van der Waals surface area contributed by atoms with Crippen LogP contribution >= 0.6 is 0 Å². The first-order valence-corrected chi connectivity index (χ1v) is 13.0. The van der Waals surface area contributed by atoms with Crippen molar-refractivity contribution in [3.05, 3.63) is 42.5 Å². The summed E-state index contributed by atoms with van der Waals surface area (Å²) >= 11 is 0. The first-order valence-electron chi connectivity index (χ1n) is 13.0. The summed E-state index contributed by atoms with van der Waals surface area (Å²) in [5.74, 6) is 2.00. The summed E-state index contributed by atoms with van der Waals surface area (Å²) in [7, 11) is 3.52. The highest BCUT2D eigenvalue weighted by Gasteiger charge is 2.36. The van der Waals surface area contributed by atoms with Crippen LogP contribution in [0, 0.1) is 0 Å². The van der Waals surface area contributed by atoms with Gasteiger partial charge in [0.05, 0.1) is 18.1 Å². The van der Waals surface area contributed by atoms with Crippen LogP contribution in [0.1, 0.15) is 19.8 Å². The smallest absolute Gasteiger partial charge is 0.248 e. The molecule has 2 saturated heterocycles. The lowest BCUT2D eigenvalue weighted by Gasteiger charge is -2.43. The van der Waals surface area contributed by atoms with Crippen molar-refractivity contribution in [3.8, 4) is 17.0 Å². The van der Waals surface area contributed by atoms with Crippen molar-refractivity contribution in [2.45, 2.75) is 38.1 Å². The zero-order chi connectivity index (χ0) is 26.2. The maximum absolute atomic E-state index is 13.1. The topological polar surface area (TPSA) is 114 Å². The Kier molecular flexibility index (Phi) is 6.50. The first kappa shape index (κ1) is 24.4. The van der Waals surface area contributed by atoms with E-state index in [4.69, 9.17) is 9.47 Å². The predicted molar refractivity (Wildman–Crippen MR) is 143 cm³/mol. The highest BCUT2D eigenvalue weighted by atomic mass is 16.5. The summed E-state index contributed by atoms with van der Waals surface area (Å²) in [4.78, 5) is 21.7. The van der Waals surface area contributed by atoms with Crippen LogP contribution < -0.4 is 15.4 Å². The zero-order valence-electron chi connectivity index (χ0n) is 21.9. The van der Waals surface area contributed by atoms with Crippen LogP contribution in [0.15, 0.2) is 47.5 Å². The Morgan fingerprint density at radius 1 is 1.26 bits per heavy atom. The van der Waals surface area contributed by atoms with Gasteiger partial charge in [0.15, 0.2) is 17.8 Å². The summed E-state index contributed by atoms with van der Waals surface area (Å²) in [5.41, 5.74) is 2.75. The number of rotatable bonds is 9. The Hall–Kier alpha value is -3.90. The molecule has 3 unspecified atom stereocenters. The van der Waals surface area contributed by atoms with E-state index in [1.807, 2.05) is 47.1 Å². The Labute approximate surface area is 220 Å². The summed E-state index contributed by atoms with van der Waals surface area (Å²) < 4.78 is 15.1. The number of aliphatic imine (C=N–C) groups is 1. The number of pyridine rings is 1. The minimum atomic E-state index is -0.349. The Bertz CT molecular complexity index is 1390. The van der Waals surface area contributed by atoms with Gasteiger partial charge >= 0.3 is 0 Å². The fraction of sp³-hybridized carbons (Fsp3) is 0.462. The van der Waals surface area contributed by atoms with Crippen molar-refractivity contribution in [3.63, 3.8) is 0 Å². The minimum absolute atomic E-state index is 0.0986. The number of ether oxygens (including phenoxy) is 2. The van der Waals surface area contributed by atoms with E-state index in [2.05, 4.69) is 37.6 Å². The molecule has 6 heterocycles. The number of methoxy groups -OCH3 is 1. The van der Waals surface area contributed by atoms with E-state index >= 15 is 0 Å². The average molecular weight is 520 g/mol. The number of nitrogens with one attached hydrogen (secondary N) is 2. The molecule has 6 rings (SSSR count). The number of hydrogen-bond donors (Lipinski definition) is 2. The third kappa shape index (κ3) is 4.50. The molecule has 1 amide bonds. The van der Waals surface area contributed by atoms with E-state index in [0.717, 1.165) is 60.8 Å². The van der Waals surface area contributed by atoms with Crippen molar-refractivity contribution in [2.24, 2.45) is 12.0 Å². The number of carbonyl (C=O) groups excluding carboxylic acids is 1. The number of nitrogens with zero attached hydrogens (tertiary/aromatic N) is 7. The molecule has 0 aliphatic carbocycles. The quantitative estimate of drug-likeness (QED) is 0.439. The van der Waals surface area contributed by atoms with Crippen molar-refractivity contribution < 1.29 is 14.3 Å². The molecule has 0 bridgehead atoms. The molecule has 3 aliphatic heterocycles. The maximum atomic E-state index is 13.1. The molecule has 12 heteroatoms. The van der Waals surface area contributed by atoms with Crippen LogP contribution in [0.25, 0.3) is 16.8 Å². The minimum Gasteiger partial charge on any atom is -0.488 e. The van der Waals surface area contributed by atoms with Crippen LogP contribution in [-0.4, -0.2) is 93.1 Å². The van der Waals surface area contributed by atoms with Gasteiger partial charge in [0, 0.05) is 57.2 Å². The fourth-order valence-corrected chi connectivity index (χ4v) is 5.21. The molecule has 0 radical (unpaired) electrons. The molecule has 3 aliphatic rings. The SMILES string of the molecule is CCN1CCC1COc1cnn(C)c1-c1ccn2nc(NC(=O)C3CCN3C3=CC(OC)N=CN3)cc2c1. The number of anilines is 1. The molecular weight excluding hydrogens is 486 g/mol. The fourth-order valence-electron chi connectivity index (χ4n) is 5.21. The third-order valence-corrected chi connectivity index (χ3v) is 7.60. The monoisotopic (exact) mass is 519 g/mol. The second kappa shape index (κ2) is 10.1. The molecule has 3 aromatic heterocycles. The molecule has 0 aromatic carbocycles. The van der Waals surface area contributed by atoms with Crippen molar-refractivity contribution in [1.29, 1.82) is 0 Å². The van der Waals surface area contributed by atoms with Crippen molar-refractivity contribution >= 4 is 23.6 Å². The van der Waals surface area contributed by atoms with E-state index in [1.54, 1.807) is 24.2 Å². The molecule has 12 nitrogen and oxygen atoms in total. The second-order valence-corrected chi connectivity index (χ2v) is 9.77. The molecule has 0 spiro atoms. The van der Waals surface area contributed by atoms with Crippen molar-refractivity contribution in [1.82, 2.24) is 34.5 Å². The molecule has 38 heavy (non-hydrogen) atoms.